The molecule has 20 heavy (non-hydrogen) atoms. The number of halogens is 1. The first-order valence-electron chi connectivity index (χ1n) is 6.69. The van der Waals surface area contributed by atoms with Gasteiger partial charge in [-0.3, -0.25) is 4.98 Å². The fraction of sp³-hybridized carbons (Fsp3) is 0.333. The molecule has 2 heterocycles. The summed E-state index contributed by atoms with van der Waals surface area (Å²) in [5.41, 5.74) is 3.34. The molecule has 1 aromatic carbocycles. The second-order valence-corrected chi connectivity index (χ2v) is 5.16. The summed E-state index contributed by atoms with van der Waals surface area (Å²) in [5, 5.41) is 0.437. The van der Waals surface area contributed by atoms with Gasteiger partial charge in [0.2, 0.25) is 0 Å². The van der Waals surface area contributed by atoms with E-state index in [0.717, 1.165) is 38.4 Å². The van der Waals surface area contributed by atoms with Crippen LogP contribution in [0.25, 0.3) is 0 Å². The average Bonchev–Trinajstić information content (AvgIpc) is 2.49. The number of aromatic nitrogens is 2. The zero-order valence-corrected chi connectivity index (χ0v) is 11.9. The quantitative estimate of drug-likeness (QED) is 0.870. The number of rotatable bonds is 3. The Hall–Kier alpha value is -1.65. The minimum absolute atomic E-state index is 0.437. The fourth-order valence-corrected chi connectivity index (χ4v) is 2.49. The molecule has 0 N–H and O–H groups in total. The molecule has 0 aliphatic carbocycles. The van der Waals surface area contributed by atoms with E-state index < -0.39 is 0 Å². The van der Waals surface area contributed by atoms with Crippen LogP contribution >= 0.6 is 11.6 Å². The number of anilines is 1. The van der Waals surface area contributed by atoms with Crippen LogP contribution in [0.2, 0.25) is 5.15 Å². The maximum Gasteiger partial charge on any atom is 0.147 e. The van der Waals surface area contributed by atoms with Crippen LogP contribution in [0.15, 0.2) is 36.7 Å². The molecule has 0 bridgehead atoms. The second kappa shape index (κ2) is 6.20. The zero-order valence-electron chi connectivity index (χ0n) is 11.1. The van der Waals surface area contributed by atoms with Gasteiger partial charge in [0.15, 0.2) is 0 Å². The van der Waals surface area contributed by atoms with Crippen molar-refractivity contribution in [1.82, 2.24) is 9.97 Å². The molecule has 0 atom stereocenters. The van der Waals surface area contributed by atoms with Gasteiger partial charge in [-0.05, 0) is 17.7 Å². The summed E-state index contributed by atoms with van der Waals surface area (Å²) in [5.74, 6) is 0. The fourth-order valence-electron chi connectivity index (χ4n) is 2.32. The zero-order chi connectivity index (χ0) is 13.8. The van der Waals surface area contributed by atoms with Crippen molar-refractivity contribution in [3.63, 3.8) is 0 Å². The Bertz CT molecular complexity index is 568. The van der Waals surface area contributed by atoms with Crippen molar-refractivity contribution in [2.45, 2.75) is 6.42 Å². The molecule has 0 saturated carbocycles. The summed E-state index contributed by atoms with van der Waals surface area (Å²) < 4.78 is 5.37. The third-order valence-corrected chi connectivity index (χ3v) is 3.53. The van der Waals surface area contributed by atoms with Crippen molar-refractivity contribution in [1.29, 1.82) is 0 Å². The van der Waals surface area contributed by atoms with Crippen molar-refractivity contribution < 1.29 is 4.74 Å². The molecule has 0 radical (unpaired) electrons. The molecule has 1 aromatic heterocycles. The molecule has 1 saturated heterocycles. The smallest absolute Gasteiger partial charge is 0.147 e. The summed E-state index contributed by atoms with van der Waals surface area (Å²) in [6.45, 7) is 3.53. The Morgan fingerprint density at radius 3 is 2.55 bits per heavy atom. The molecule has 3 rings (SSSR count). The van der Waals surface area contributed by atoms with Gasteiger partial charge in [-0.1, -0.05) is 23.7 Å². The lowest BCUT2D eigenvalue weighted by atomic mass is 10.1. The van der Waals surface area contributed by atoms with E-state index >= 15 is 0 Å². The number of ether oxygens (including phenoxy) is 1. The van der Waals surface area contributed by atoms with Crippen LogP contribution in [-0.4, -0.2) is 36.3 Å². The number of nitrogens with zero attached hydrogens (tertiary/aromatic N) is 3. The molecule has 0 amide bonds. The Balaban J connectivity index is 1.69. The number of benzene rings is 1. The molecule has 1 fully saturated rings. The molecule has 0 unspecified atom stereocenters. The molecule has 1 aliphatic heterocycles. The monoisotopic (exact) mass is 289 g/mol. The molecule has 1 aliphatic rings. The first-order chi connectivity index (χ1) is 9.81. The van der Waals surface area contributed by atoms with E-state index in [2.05, 4.69) is 39.1 Å². The molecule has 2 aromatic rings. The Morgan fingerprint density at radius 1 is 1.10 bits per heavy atom. The third kappa shape index (κ3) is 3.26. The summed E-state index contributed by atoms with van der Waals surface area (Å²) in [6, 6.07) is 8.57. The molecule has 5 heteroatoms. The maximum absolute atomic E-state index is 5.85. The molecule has 4 nitrogen and oxygen atoms in total. The second-order valence-electron chi connectivity index (χ2n) is 4.78. The van der Waals surface area contributed by atoms with E-state index in [1.807, 2.05) is 0 Å². The highest BCUT2D eigenvalue weighted by Gasteiger charge is 2.10. The highest BCUT2D eigenvalue weighted by molar-refractivity contribution is 6.29. The van der Waals surface area contributed by atoms with E-state index in [1.54, 1.807) is 12.4 Å². The van der Waals surface area contributed by atoms with E-state index in [4.69, 9.17) is 16.3 Å². The first-order valence-corrected chi connectivity index (χ1v) is 7.07. The molecule has 0 spiro atoms. The number of hydrogen-bond donors (Lipinski definition) is 0. The van der Waals surface area contributed by atoms with Crippen molar-refractivity contribution in [3.8, 4) is 0 Å². The Kier molecular flexibility index (Phi) is 4.14. The molecule has 104 valence electrons. The van der Waals surface area contributed by atoms with Gasteiger partial charge in [-0.25, -0.2) is 4.98 Å². The van der Waals surface area contributed by atoms with Crippen LogP contribution in [0.1, 0.15) is 11.3 Å². The van der Waals surface area contributed by atoms with Crippen LogP contribution in [0.4, 0.5) is 5.69 Å². The average molecular weight is 290 g/mol. The van der Waals surface area contributed by atoms with Gasteiger partial charge in [-0.15, -0.1) is 0 Å². The van der Waals surface area contributed by atoms with Crippen molar-refractivity contribution >= 4 is 17.3 Å². The lowest BCUT2D eigenvalue weighted by Gasteiger charge is -2.28. The standard InChI is InChI=1S/C15H16ClN3O/c16-15-11-17-10-13(18-15)9-12-1-3-14(4-2-12)19-5-7-20-8-6-19/h1-4,10-11H,5-9H2. The van der Waals surface area contributed by atoms with Gasteiger partial charge < -0.3 is 9.64 Å². The largest absolute Gasteiger partial charge is 0.378 e. The van der Waals surface area contributed by atoms with Gasteiger partial charge in [0.05, 0.1) is 25.1 Å². The minimum Gasteiger partial charge on any atom is -0.378 e. The van der Waals surface area contributed by atoms with Crippen molar-refractivity contribution in [2.24, 2.45) is 0 Å². The number of hydrogen-bond acceptors (Lipinski definition) is 4. The van der Waals surface area contributed by atoms with Gasteiger partial charge in [0.25, 0.3) is 0 Å². The highest BCUT2D eigenvalue weighted by Crippen LogP contribution is 2.18. The van der Waals surface area contributed by atoms with Crippen LogP contribution in [0.5, 0.6) is 0 Å². The highest BCUT2D eigenvalue weighted by atomic mass is 35.5. The predicted octanol–water partition coefficient (Wildman–Crippen LogP) is 2.56. The lowest BCUT2D eigenvalue weighted by Crippen LogP contribution is -2.36. The van der Waals surface area contributed by atoms with Crippen molar-refractivity contribution in [3.05, 3.63) is 53.1 Å². The van der Waals surface area contributed by atoms with Gasteiger partial charge in [0.1, 0.15) is 5.15 Å². The van der Waals surface area contributed by atoms with E-state index in [-0.39, 0.29) is 0 Å². The Morgan fingerprint density at radius 2 is 1.85 bits per heavy atom. The van der Waals surface area contributed by atoms with Crippen molar-refractivity contribution in [2.75, 3.05) is 31.2 Å². The summed E-state index contributed by atoms with van der Waals surface area (Å²) in [4.78, 5) is 10.7. The maximum atomic E-state index is 5.85. The first kappa shape index (κ1) is 13.3. The van der Waals surface area contributed by atoms with E-state index in [0.29, 0.717) is 5.15 Å². The van der Waals surface area contributed by atoms with Gasteiger partial charge in [0, 0.05) is 31.4 Å². The summed E-state index contributed by atoms with van der Waals surface area (Å²) in [6.07, 6.45) is 4.05. The van der Waals surface area contributed by atoms with Gasteiger partial charge >= 0.3 is 0 Å². The molecular formula is C15H16ClN3O. The normalized spacial score (nSPS) is 15.3. The topological polar surface area (TPSA) is 38.2 Å². The van der Waals surface area contributed by atoms with Crippen LogP contribution in [0, 0.1) is 0 Å². The SMILES string of the molecule is Clc1cncc(Cc2ccc(N3CCOCC3)cc2)n1. The summed E-state index contributed by atoms with van der Waals surface area (Å²) in [7, 11) is 0. The van der Waals surface area contributed by atoms with Gasteiger partial charge in [-0.2, -0.15) is 0 Å². The minimum atomic E-state index is 0.437. The lowest BCUT2D eigenvalue weighted by molar-refractivity contribution is 0.122. The molecular weight excluding hydrogens is 274 g/mol. The van der Waals surface area contributed by atoms with Crippen LogP contribution < -0.4 is 4.90 Å². The van der Waals surface area contributed by atoms with Crippen LogP contribution in [0.3, 0.4) is 0 Å². The Labute approximate surface area is 123 Å². The van der Waals surface area contributed by atoms with E-state index in [1.165, 1.54) is 11.3 Å². The third-order valence-electron chi connectivity index (χ3n) is 3.35. The summed E-state index contributed by atoms with van der Waals surface area (Å²) >= 11 is 5.85. The predicted molar refractivity (Wildman–Crippen MR) is 79.3 cm³/mol. The number of morpholine rings is 1. The van der Waals surface area contributed by atoms with Crippen LogP contribution in [-0.2, 0) is 11.2 Å². The van der Waals surface area contributed by atoms with E-state index in [9.17, 15) is 0 Å².